The summed E-state index contributed by atoms with van der Waals surface area (Å²) in [5.41, 5.74) is 4.87. The second kappa shape index (κ2) is 6.03. The van der Waals surface area contributed by atoms with Crippen molar-refractivity contribution in [3.63, 3.8) is 0 Å². The van der Waals surface area contributed by atoms with Crippen molar-refractivity contribution in [1.29, 1.82) is 0 Å². The number of benzene rings is 1. The van der Waals surface area contributed by atoms with E-state index >= 15 is 0 Å². The molecule has 1 unspecified atom stereocenters. The van der Waals surface area contributed by atoms with Crippen LogP contribution in [0.15, 0.2) is 6.07 Å². The predicted molar refractivity (Wildman–Crippen MR) is 70.6 cm³/mol. The van der Waals surface area contributed by atoms with Crippen LogP contribution in [-0.4, -0.2) is 24.9 Å². The third kappa shape index (κ3) is 3.20. The minimum absolute atomic E-state index is 0.122. The molecule has 1 atom stereocenters. The Morgan fingerprint density at radius 2 is 1.94 bits per heavy atom. The van der Waals surface area contributed by atoms with E-state index in [-0.39, 0.29) is 12.6 Å². The molecule has 0 amide bonds. The lowest BCUT2D eigenvalue weighted by Crippen LogP contribution is -2.29. The van der Waals surface area contributed by atoms with Gasteiger partial charge in [0.1, 0.15) is 5.75 Å². The Balaban J connectivity index is 2.94. The summed E-state index contributed by atoms with van der Waals surface area (Å²) in [6, 6.07) is 2.27. The van der Waals surface area contributed by atoms with Crippen LogP contribution in [0.5, 0.6) is 5.75 Å². The van der Waals surface area contributed by atoms with Crippen LogP contribution in [0.4, 0.5) is 0 Å². The average molecular weight is 237 g/mol. The van der Waals surface area contributed by atoms with Crippen LogP contribution in [0.3, 0.4) is 0 Å². The average Bonchev–Trinajstić information content (AvgIpc) is 2.32. The Hall–Kier alpha value is -1.06. The highest BCUT2D eigenvalue weighted by Crippen LogP contribution is 2.28. The Bertz CT molecular complexity index is 388. The molecule has 2 N–H and O–H groups in total. The molecule has 0 aromatic heterocycles. The number of nitrogens with one attached hydrogen (secondary N) is 1. The number of ether oxygens (including phenoxy) is 1. The lowest BCUT2D eigenvalue weighted by atomic mass is 9.98. The summed E-state index contributed by atoms with van der Waals surface area (Å²) in [6.45, 7) is 9.16. The molecule has 0 saturated carbocycles. The number of aryl methyl sites for hydroxylation is 1. The van der Waals surface area contributed by atoms with E-state index in [1.165, 1.54) is 16.7 Å². The van der Waals surface area contributed by atoms with E-state index < -0.39 is 0 Å². The van der Waals surface area contributed by atoms with Gasteiger partial charge in [0, 0.05) is 12.6 Å². The van der Waals surface area contributed by atoms with Crippen LogP contribution in [0, 0.1) is 20.8 Å². The minimum atomic E-state index is 0.122. The highest BCUT2D eigenvalue weighted by atomic mass is 16.5. The second-order valence-electron chi connectivity index (χ2n) is 4.60. The van der Waals surface area contributed by atoms with Gasteiger partial charge in [-0.3, -0.25) is 0 Å². The molecule has 0 radical (unpaired) electrons. The Morgan fingerprint density at radius 3 is 2.47 bits per heavy atom. The molecular formula is C14H23NO2. The second-order valence-corrected chi connectivity index (χ2v) is 4.60. The molecule has 0 bridgehead atoms. The lowest BCUT2D eigenvalue weighted by molar-refractivity contribution is 0.251. The quantitative estimate of drug-likeness (QED) is 0.824. The number of rotatable bonds is 5. The van der Waals surface area contributed by atoms with E-state index in [4.69, 9.17) is 9.84 Å². The van der Waals surface area contributed by atoms with Gasteiger partial charge in [-0.2, -0.15) is 0 Å². The zero-order valence-electron chi connectivity index (χ0n) is 11.4. The van der Waals surface area contributed by atoms with Gasteiger partial charge >= 0.3 is 0 Å². The Morgan fingerprint density at radius 1 is 1.29 bits per heavy atom. The zero-order valence-corrected chi connectivity index (χ0v) is 11.4. The van der Waals surface area contributed by atoms with Crippen molar-refractivity contribution in [3.8, 4) is 5.75 Å². The highest BCUT2D eigenvalue weighted by molar-refractivity contribution is 5.48. The third-order valence-electron chi connectivity index (χ3n) is 3.25. The first-order chi connectivity index (χ1) is 8.01. The van der Waals surface area contributed by atoms with Gasteiger partial charge in [0.05, 0.1) is 13.7 Å². The largest absolute Gasteiger partial charge is 0.496 e. The van der Waals surface area contributed by atoms with Gasteiger partial charge in [-0.05, 0) is 49.9 Å². The maximum absolute atomic E-state index is 8.99. The number of aliphatic hydroxyl groups excluding tert-OH is 1. The van der Waals surface area contributed by atoms with E-state index in [1.54, 1.807) is 7.11 Å². The highest BCUT2D eigenvalue weighted by Gasteiger charge is 2.10. The number of aliphatic hydroxyl groups is 1. The van der Waals surface area contributed by atoms with Gasteiger partial charge in [-0.15, -0.1) is 0 Å². The van der Waals surface area contributed by atoms with Crippen molar-refractivity contribution < 1.29 is 9.84 Å². The Labute approximate surface area is 104 Å². The fourth-order valence-corrected chi connectivity index (χ4v) is 1.99. The van der Waals surface area contributed by atoms with Gasteiger partial charge in [-0.1, -0.05) is 6.07 Å². The van der Waals surface area contributed by atoms with Crippen molar-refractivity contribution in [2.45, 2.75) is 40.3 Å². The molecule has 96 valence electrons. The molecule has 1 aromatic carbocycles. The summed E-state index contributed by atoms with van der Waals surface area (Å²) < 4.78 is 5.40. The first-order valence-electron chi connectivity index (χ1n) is 5.99. The van der Waals surface area contributed by atoms with Crippen molar-refractivity contribution in [2.24, 2.45) is 0 Å². The van der Waals surface area contributed by atoms with E-state index in [9.17, 15) is 0 Å². The van der Waals surface area contributed by atoms with Gasteiger partial charge in [0.2, 0.25) is 0 Å². The molecule has 3 heteroatoms. The van der Waals surface area contributed by atoms with Crippen molar-refractivity contribution in [2.75, 3.05) is 13.7 Å². The van der Waals surface area contributed by atoms with Crippen LogP contribution < -0.4 is 10.1 Å². The van der Waals surface area contributed by atoms with E-state index in [2.05, 4.69) is 32.2 Å². The molecule has 0 spiro atoms. The van der Waals surface area contributed by atoms with Gasteiger partial charge in [-0.25, -0.2) is 0 Å². The molecule has 17 heavy (non-hydrogen) atoms. The summed E-state index contributed by atoms with van der Waals surface area (Å²) in [7, 11) is 1.71. The van der Waals surface area contributed by atoms with Crippen LogP contribution in [-0.2, 0) is 6.54 Å². The normalized spacial score (nSPS) is 12.6. The number of hydrogen-bond acceptors (Lipinski definition) is 3. The molecule has 0 aliphatic carbocycles. The fraction of sp³-hybridized carbons (Fsp3) is 0.571. The zero-order chi connectivity index (χ0) is 13.0. The van der Waals surface area contributed by atoms with E-state index in [0.717, 1.165) is 17.9 Å². The van der Waals surface area contributed by atoms with Gasteiger partial charge in [0.15, 0.2) is 0 Å². The predicted octanol–water partition coefficient (Wildman–Crippen LogP) is 2.09. The topological polar surface area (TPSA) is 41.5 Å². The summed E-state index contributed by atoms with van der Waals surface area (Å²) in [5, 5.41) is 12.3. The number of methoxy groups -OCH3 is 1. The van der Waals surface area contributed by atoms with Crippen LogP contribution in [0.1, 0.15) is 29.2 Å². The maximum Gasteiger partial charge on any atom is 0.124 e. The molecule has 1 aromatic rings. The van der Waals surface area contributed by atoms with E-state index in [1.807, 2.05) is 6.92 Å². The molecular weight excluding hydrogens is 214 g/mol. The SMILES string of the molecule is COc1c(C)cc(CNC(C)CO)c(C)c1C. The monoisotopic (exact) mass is 237 g/mol. The van der Waals surface area contributed by atoms with Crippen molar-refractivity contribution in [3.05, 3.63) is 28.3 Å². The van der Waals surface area contributed by atoms with Crippen LogP contribution >= 0.6 is 0 Å². The summed E-state index contributed by atoms with van der Waals surface area (Å²) in [4.78, 5) is 0. The molecule has 0 aliphatic rings. The molecule has 3 nitrogen and oxygen atoms in total. The summed E-state index contributed by atoms with van der Waals surface area (Å²) >= 11 is 0. The fourth-order valence-electron chi connectivity index (χ4n) is 1.99. The minimum Gasteiger partial charge on any atom is -0.496 e. The summed E-state index contributed by atoms with van der Waals surface area (Å²) in [5.74, 6) is 0.974. The first-order valence-corrected chi connectivity index (χ1v) is 5.99. The number of hydrogen-bond donors (Lipinski definition) is 2. The van der Waals surface area contributed by atoms with Crippen molar-refractivity contribution >= 4 is 0 Å². The standard InChI is InChI=1S/C14H23NO2/c1-9-6-13(7-15-10(2)8-16)11(3)12(4)14(9)17-5/h6,10,15-16H,7-8H2,1-5H3. The van der Waals surface area contributed by atoms with Crippen molar-refractivity contribution in [1.82, 2.24) is 5.32 Å². The molecule has 0 aliphatic heterocycles. The van der Waals surface area contributed by atoms with E-state index in [0.29, 0.717) is 0 Å². The third-order valence-corrected chi connectivity index (χ3v) is 3.25. The van der Waals surface area contributed by atoms with Gasteiger partial charge in [0.25, 0.3) is 0 Å². The maximum atomic E-state index is 8.99. The molecule has 0 saturated heterocycles. The van der Waals surface area contributed by atoms with Crippen LogP contribution in [0.2, 0.25) is 0 Å². The molecule has 0 fully saturated rings. The molecule has 1 rings (SSSR count). The van der Waals surface area contributed by atoms with Gasteiger partial charge < -0.3 is 15.2 Å². The first kappa shape index (κ1) is 14.0. The Kier molecular flexibility index (Phi) is 4.97. The smallest absolute Gasteiger partial charge is 0.124 e. The van der Waals surface area contributed by atoms with Crippen LogP contribution in [0.25, 0.3) is 0 Å². The summed E-state index contributed by atoms with van der Waals surface area (Å²) in [6.07, 6.45) is 0. The lowest BCUT2D eigenvalue weighted by Gasteiger charge is -2.17. The molecule has 0 heterocycles.